The number of carbonyl (C=O) groups excluding carboxylic acids is 1. The number of benzene rings is 2. The molecule has 2 aromatic carbocycles. The van der Waals surface area contributed by atoms with E-state index in [2.05, 4.69) is 23.2 Å². The first-order valence-electron chi connectivity index (χ1n) is 11.1. The number of amides is 1. The third kappa shape index (κ3) is 5.65. The summed E-state index contributed by atoms with van der Waals surface area (Å²) in [6.07, 6.45) is 3.46. The lowest BCUT2D eigenvalue weighted by Crippen LogP contribution is -2.38. The molecule has 1 N–H and O–H groups in total. The first-order valence-corrected chi connectivity index (χ1v) is 11.1. The van der Waals surface area contributed by atoms with Gasteiger partial charge in [-0.3, -0.25) is 9.69 Å². The minimum Gasteiger partial charge on any atom is -0.493 e. The van der Waals surface area contributed by atoms with Gasteiger partial charge in [0.25, 0.3) is 5.91 Å². The van der Waals surface area contributed by atoms with Crippen molar-refractivity contribution in [1.29, 1.82) is 0 Å². The van der Waals surface area contributed by atoms with Crippen molar-refractivity contribution in [2.75, 3.05) is 41.0 Å². The van der Waals surface area contributed by atoms with Gasteiger partial charge in [-0.2, -0.15) is 0 Å². The van der Waals surface area contributed by atoms with Gasteiger partial charge in [-0.15, -0.1) is 0 Å². The first kappa shape index (κ1) is 23.7. The topological polar surface area (TPSA) is 69.3 Å². The van der Waals surface area contributed by atoms with Crippen molar-refractivity contribution in [3.63, 3.8) is 0 Å². The fourth-order valence-corrected chi connectivity index (χ4v) is 4.01. The van der Waals surface area contributed by atoms with Crippen LogP contribution in [-0.2, 0) is 6.54 Å². The molecule has 1 atom stereocenters. The van der Waals surface area contributed by atoms with E-state index < -0.39 is 0 Å². The van der Waals surface area contributed by atoms with E-state index in [0.717, 1.165) is 44.6 Å². The summed E-state index contributed by atoms with van der Waals surface area (Å²) in [6, 6.07) is 11.6. The lowest BCUT2D eigenvalue weighted by Gasteiger charge is -2.24. The number of rotatable bonds is 10. The second-order valence-corrected chi connectivity index (χ2v) is 7.86. The van der Waals surface area contributed by atoms with E-state index >= 15 is 0 Å². The van der Waals surface area contributed by atoms with Crippen molar-refractivity contribution in [2.24, 2.45) is 0 Å². The molecule has 1 aliphatic heterocycles. The minimum atomic E-state index is -0.211. The molecule has 0 radical (unpaired) electrons. The Morgan fingerprint density at radius 1 is 1.09 bits per heavy atom. The Morgan fingerprint density at radius 2 is 1.88 bits per heavy atom. The molecule has 1 aliphatic rings. The first-order chi connectivity index (χ1) is 15.6. The highest BCUT2D eigenvalue weighted by molar-refractivity contribution is 5.98. The van der Waals surface area contributed by atoms with E-state index in [1.54, 1.807) is 19.2 Å². The van der Waals surface area contributed by atoms with Crippen molar-refractivity contribution in [3.05, 3.63) is 47.5 Å². The number of hydrogen-bond donors (Lipinski definition) is 1. The van der Waals surface area contributed by atoms with Crippen LogP contribution in [0.5, 0.6) is 23.0 Å². The molecule has 1 heterocycles. The molecule has 0 aromatic heterocycles. The minimum absolute atomic E-state index is 0.153. The van der Waals surface area contributed by atoms with E-state index in [1.807, 2.05) is 18.2 Å². The van der Waals surface area contributed by atoms with Gasteiger partial charge >= 0.3 is 0 Å². The number of carbonyl (C=O) groups is 1. The van der Waals surface area contributed by atoms with Gasteiger partial charge < -0.3 is 24.3 Å². The van der Waals surface area contributed by atoms with Crippen molar-refractivity contribution in [1.82, 2.24) is 10.2 Å². The lowest BCUT2D eigenvalue weighted by molar-refractivity contribution is 0.0938. The van der Waals surface area contributed by atoms with Crippen LogP contribution in [0.25, 0.3) is 0 Å². The van der Waals surface area contributed by atoms with Gasteiger partial charge in [-0.05, 0) is 31.0 Å². The number of unbranched alkanes of at least 4 members (excludes halogenated alkanes) is 1. The Balaban J connectivity index is 1.65. The number of para-hydroxylation sites is 1. The number of nitrogens with one attached hydrogen (secondary N) is 1. The van der Waals surface area contributed by atoms with Crippen LogP contribution >= 0.6 is 0 Å². The van der Waals surface area contributed by atoms with Gasteiger partial charge in [-0.25, -0.2) is 0 Å². The standard InChI is InChI=1S/C25H34N2O5/c1-5-6-10-19-17-27(16-18-9-7-8-11-21(18)32-19)15-14-26-25(28)20-12-13-22(29-2)24(31-4)23(20)30-3/h7-9,11-13,19H,5-6,10,14-17H2,1-4H3,(H,26,28)/t19-/m0/s1. The van der Waals surface area contributed by atoms with Crippen molar-refractivity contribution >= 4 is 5.91 Å². The number of hydrogen-bond acceptors (Lipinski definition) is 6. The fourth-order valence-electron chi connectivity index (χ4n) is 4.01. The van der Waals surface area contributed by atoms with Crippen LogP contribution in [-0.4, -0.2) is 57.9 Å². The van der Waals surface area contributed by atoms with Gasteiger partial charge in [0.2, 0.25) is 5.75 Å². The van der Waals surface area contributed by atoms with Crippen LogP contribution in [0.2, 0.25) is 0 Å². The smallest absolute Gasteiger partial charge is 0.255 e. The summed E-state index contributed by atoms with van der Waals surface area (Å²) in [4.78, 5) is 15.2. The molecule has 174 valence electrons. The molecule has 0 fully saturated rings. The molecule has 0 spiro atoms. The summed E-state index contributed by atoms with van der Waals surface area (Å²) in [7, 11) is 4.59. The van der Waals surface area contributed by atoms with Crippen molar-refractivity contribution < 1.29 is 23.7 Å². The highest BCUT2D eigenvalue weighted by Crippen LogP contribution is 2.39. The van der Waals surface area contributed by atoms with Crippen LogP contribution < -0.4 is 24.3 Å². The Labute approximate surface area is 190 Å². The zero-order valence-corrected chi connectivity index (χ0v) is 19.5. The third-order valence-electron chi connectivity index (χ3n) is 5.66. The molecular formula is C25H34N2O5. The second-order valence-electron chi connectivity index (χ2n) is 7.86. The third-order valence-corrected chi connectivity index (χ3v) is 5.66. The molecule has 0 saturated carbocycles. The Morgan fingerprint density at radius 3 is 2.59 bits per heavy atom. The lowest BCUT2D eigenvalue weighted by atomic mass is 10.1. The Hall–Kier alpha value is -2.93. The zero-order valence-electron chi connectivity index (χ0n) is 19.5. The van der Waals surface area contributed by atoms with E-state index in [1.165, 1.54) is 19.8 Å². The molecule has 7 heteroatoms. The summed E-state index contributed by atoms with van der Waals surface area (Å²) >= 11 is 0. The molecule has 0 saturated heterocycles. The molecule has 2 aromatic rings. The van der Waals surface area contributed by atoms with Gasteiger partial charge in [0.05, 0.1) is 26.9 Å². The molecule has 1 amide bonds. The van der Waals surface area contributed by atoms with E-state index in [0.29, 0.717) is 29.4 Å². The summed E-state index contributed by atoms with van der Waals surface area (Å²) in [5.74, 6) is 2.04. The summed E-state index contributed by atoms with van der Waals surface area (Å²) in [5.41, 5.74) is 1.59. The normalized spacial score (nSPS) is 15.8. The van der Waals surface area contributed by atoms with Crippen LogP contribution in [0, 0.1) is 0 Å². The average molecular weight is 443 g/mol. The van der Waals surface area contributed by atoms with Gasteiger partial charge in [-0.1, -0.05) is 31.5 Å². The number of nitrogens with zero attached hydrogens (tertiary/aromatic N) is 1. The maximum absolute atomic E-state index is 12.9. The second kappa shape index (κ2) is 11.6. The summed E-state index contributed by atoms with van der Waals surface area (Å²) < 4.78 is 22.4. The van der Waals surface area contributed by atoms with Gasteiger partial charge in [0, 0.05) is 31.7 Å². The summed E-state index contributed by atoms with van der Waals surface area (Å²) in [6.45, 7) is 5.07. The quantitative estimate of drug-likeness (QED) is 0.602. The van der Waals surface area contributed by atoms with Crippen LogP contribution in [0.15, 0.2) is 36.4 Å². The van der Waals surface area contributed by atoms with E-state index in [9.17, 15) is 4.79 Å². The fraction of sp³-hybridized carbons (Fsp3) is 0.480. The average Bonchev–Trinajstić information content (AvgIpc) is 3.00. The van der Waals surface area contributed by atoms with Gasteiger partial charge in [0.1, 0.15) is 11.9 Å². The number of methoxy groups -OCH3 is 3. The largest absolute Gasteiger partial charge is 0.493 e. The molecule has 0 bridgehead atoms. The van der Waals surface area contributed by atoms with E-state index in [4.69, 9.17) is 18.9 Å². The molecule has 32 heavy (non-hydrogen) atoms. The van der Waals surface area contributed by atoms with Gasteiger partial charge in [0.15, 0.2) is 11.5 Å². The molecule has 3 rings (SSSR count). The molecular weight excluding hydrogens is 408 g/mol. The van der Waals surface area contributed by atoms with E-state index in [-0.39, 0.29) is 12.0 Å². The summed E-state index contributed by atoms with van der Waals surface area (Å²) in [5, 5.41) is 3.01. The Kier molecular flexibility index (Phi) is 8.62. The SMILES string of the molecule is CCCC[C@H]1CN(CCNC(=O)c2ccc(OC)c(OC)c2OC)Cc2ccccc2O1. The molecule has 0 aliphatic carbocycles. The van der Waals surface area contributed by atoms with Crippen LogP contribution in [0.1, 0.15) is 42.1 Å². The van der Waals surface area contributed by atoms with Crippen LogP contribution in [0.4, 0.5) is 0 Å². The van der Waals surface area contributed by atoms with Crippen LogP contribution in [0.3, 0.4) is 0 Å². The predicted octanol–water partition coefficient (Wildman–Crippen LogP) is 3.90. The monoisotopic (exact) mass is 442 g/mol. The zero-order chi connectivity index (χ0) is 22.9. The maximum atomic E-state index is 12.9. The highest BCUT2D eigenvalue weighted by atomic mass is 16.5. The highest BCUT2D eigenvalue weighted by Gasteiger charge is 2.23. The maximum Gasteiger partial charge on any atom is 0.255 e. The van der Waals surface area contributed by atoms with Crippen molar-refractivity contribution in [2.45, 2.75) is 38.8 Å². The molecule has 7 nitrogen and oxygen atoms in total. The molecule has 0 unspecified atom stereocenters. The Bertz CT molecular complexity index is 902. The predicted molar refractivity (Wildman–Crippen MR) is 124 cm³/mol. The van der Waals surface area contributed by atoms with Crippen molar-refractivity contribution in [3.8, 4) is 23.0 Å². The number of ether oxygens (including phenoxy) is 4. The number of fused-ring (bicyclic) bond motifs is 1.